The van der Waals surface area contributed by atoms with Crippen LogP contribution in [-0.2, 0) is 13.0 Å². The molecule has 74 valence electrons. The van der Waals surface area contributed by atoms with E-state index in [2.05, 4.69) is 16.2 Å². The Labute approximate surface area is 87.8 Å². The third-order valence-electron chi connectivity index (χ3n) is 2.16. The Kier molecular flexibility index (Phi) is 2.75. The fourth-order valence-electron chi connectivity index (χ4n) is 1.43. The minimum atomic E-state index is 0.299. The second-order valence-electron chi connectivity index (χ2n) is 3.17. The predicted octanol–water partition coefficient (Wildman–Crippen LogP) is 1.39. The van der Waals surface area contributed by atoms with Crippen LogP contribution in [-0.4, -0.2) is 14.8 Å². The van der Waals surface area contributed by atoms with Crippen LogP contribution in [0.15, 0.2) is 36.8 Å². The SMILES string of the molecule is N#CCn1nccc1Cc1ccncc1. The molecule has 0 unspecified atom stereocenters. The lowest BCUT2D eigenvalue weighted by Crippen LogP contribution is -2.04. The molecule has 4 nitrogen and oxygen atoms in total. The molecule has 0 aromatic carbocycles. The first-order chi connectivity index (χ1) is 7.40. The van der Waals surface area contributed by atoms with Crippen molar-refractivity contribution in [1.82, 2.24) is 14.8 Å². The minimum absolute atomic E-state index is 0.299. The quantitative estimate of drug-likeness (QED) is 0.748. The molecule has 0 aliphatic heterocycles. The molecule has 2 aromatic heterocycles. The van der Waals surface area contributed by atoms with Gasteiger partial charge >= 0.3 is 0 Å². The summed E-state index contributed by atoms with van der Waals surface area (Å²) in [4.78, 5) is 3.96. The number of hydrogen-bond acceptors (Lipinski definition) is 3. The third kappa shape index (κ3) is 2.20. The van der Waals surface area contributed by atoms with Crippen LogP contribution in [0.4, 0.5) is 0 Å². The van der Waals surface area contributed by atoms with E-state index >= 15 is 0 Å². The summed E-state index contributed by atoms with van der Waals surface area (Å²) >= 11 is 0. The Morgan fingerprint density at radius 1 is 1.20 bits per heavy atom. The maximum atomic E-state index is 8.61. The number of pyridine rings is 1. The number of nitrogens with zero attached hydrogens (tertiary/aromatic N) is 4. The van der Waals surface area contributed by atoms with E-state index in [1.54, 1.807) is 23.3 Å². The van der Waals surface area contributed by atoms with Crippen LogP contribution in [0.5, 0.6) is 0 Å². The minimum Gasteiger partial charge on any atom is -0.265 e. The zero-order chi connectivity index (χ0) is 10.5. The van der Waals surface area contributed by atoms with Crippen LogP contribution >= 0.6 is 0 Å². The van der Waals surface area contributed by atoms with E-state index in [4.69, 9.17) is 5.26 Å². The highest BCUT2D eigenvalue weighted by molar-refractivity contribution is 5.18. The lowest BCUT2D eigenvalue weighted by atomic mass is 10.1. The van der Waals surface area contributed by atoms with Gasteiger partial charge in [-0.15, -0.1) is 0 Å². The lowest BCUT2D eigenvalue weighted by molar-refractivity contribution is 0.674. The summed E-state index contributed by atoms with van der Waals surface area (Å²) in [5.74, 6) is 0. The molecule has 2 rings (SSSR count). The van der Waals surface area contributed by atoms with Gasteiger partial charge in [0.1, 0.15) is 6.54 Å². The van der Waals surface area contributed by atoms with Crippen molar-refractivity contribution in [2.75, 3.05) is 0 Å². The van der Waals surface area contributed by atoms with Crippen molar-refractivity contribution in [2.45, 2.75) is 13.0 Å². The molecule has 0 saturated carbocycles. The molecule has 0 fully saturated rings. The van der Waals surface area contributed by atoms with Gasteiger partial charge in [-0.2, -0.15) is 10.4 Å². The van der Waals surface area contributed by atoms with Crippen molar-refractivity contribution < 1.29 is 0 Å². The Balaban J connectivity index is 2.18. The molecule has 0 atom stereocenters. The van der Waals surface area contributed by atoms with Crippen LogP contribution in [0.2, 0.25) is 0 Å². The van der Waals surface area contributed by atoms with Gasteiger partial charge in [0.2, 0.25) is 0 Å². The Morgan fingerprint density at radius 2 is 2.00 bits per heavy atom. The second-order valence-corrected chi connectivity index (χ2v) is 3.17. The monoisotopic (exact) mass is 198 g/mol. The van der Waals surface area contributed by atoms with Crippen LogP contribution in [0, 0.1) is 11.3 Å². The van der Waals surface area contributed by atoms with Crippen molar-refractivity contribution in [3.8, 4) is 6.07 Å². The smallest absolute Gasteiger partial charge is 0.128 e. The van der Waals surface area contributed by atoms with Crippen LogP contribution in [0.3, 0.4) is 0 Å². The lowest BCUT2D eigenvalue weighted by Gasteiger charge is -2.02. The normalized spacial score (nSPS) is 9.80. The van der Waals surface area contributed by atoms with Crippen LogP contribution in [0.1, 0.15) is 11.3 Å². The molecule has 0 radical (unpaired) electrons. The Hall–Kier alpha value is -2.15. The summed E-state index contributed by atoms with van der Waals surface area (Å²) in [5.41, 5.74) is 2.22. The van der Waals surface area contributed by atoms with Gasteiger partial charge < -0.3 is 0 Å². The van der Waals surface area contributed by atoms with Crippen molar-refractivity contribution in [2.24, 2.45) is 0 Å². The van der Waals surface area contributed by atoms with E-state index in [-0.39, 0.29) is 0 Å². The summed E-state index contributed by atoms with van der Waals surface area (Å²) in [5, 5.41) is 12.7. The molecule has 0 saturated heterocycles. The summed E-state index contributed by atoms with van der Waals surface area (Å²) in [6.07, 6.45) is 6.03. The highest BCUT2D eigenvalue weighted by Gasteiger charge is 2.02. The van der Waals surface area contributed by atoms with Gasteiger partial charge in [0, 0.05) is 30.7 Å². The van der Waals surface area contributed by atoms with E-state index in [1.807, 2.05) is 18.2 Å². The number of hydrogen-bond donors (Lipinski definition) is 0. The van der Waals surface area contributed by atoms with Crippen molar-refractivity contribution >= 4 is 0 Å². The van der Waals surface area contributed by atoms with Gasteiger partial charge in [0.15, 0.2) is 0 Å². The molecule has 15 heavy (non-hydrogen) atoms. The van der Waals surface area contributed by atoms with Crippen LogP contribution < -0.4 is 0 Å². The zero-order valence-electron chi connectivity index (χ0n) is 8.17. The molecule has 0 aliphatic carbocycles. The highest BCUT2D eigenvalue weighted by atomic mass is 15.3. The van der Waals surface area contributed by atoms with Gasteiger partial charge in [0.05, 0.1) is 6.07 Å². The number of rotatable bonds is 3. The van der Waals surface area contributed by atoms with Crippen LogP contribution in [0.25, 0.3) is 0 Å². The molecule has 0 amide bonds. The first-order valence-electron chi connectivity index (χ1n) is 4.66. The average Bonchev–Trinajstić information content (AvgIpc) is 2.68. The molecule has 2 heterocycles. The maximum absolute atomic E-state index is 8.61. The van der Waals surface area contributed by atoms with E-state index in [1.165, 1.54) is 5.56 Å². The van der Waals surface area contributed by atoms with Gasteiger partial charge in [-0.25, -0.2) is 0 Å². The van der Waals surface area contributed by atoms with E-state index in [0.717, 1.165) is 12.1 Å². The third-order valence-corrected chi connectivity index (χ3v) is 2.16. The maximum Gasteiger partial charge on any atom is 0.128 e. The first-order valence-corrected chi connectivity index (χ1v) is 4.66. The molecule has 0 bridgehead atoms. The van der Waals surface area contributed by atoms with Gasteiger partial charge in [-0.05, 0) is 23.8 Å². The molecule has 0 aliphatic rings. The molecule has 4 heteroatoms. The summed E-state index contributed by atoms with van der Waals surface area (Å²) in [6, 6.07) is 7.94. The van der Waals surface area contributed by atoms with Gasteiger partial charge in [0.25, 0.3) is 0 Å². The van der Waals surface area contributed by atoms with Crippen molar-refractivity contribution in [3.05, 3.63) is 48.0 Å². The predicted molar refractivity (Wildman–Crippen MR) is 54.9 cm³/mol. The molecule has 0 spiro atoms. The number of aromatic nitrogens is 3. The molecular formula is C11H10N4. The topological polar surface area (TPSA) is 54.5 Å². The fraction of sp³-hybridized carbons (Fsp3) is 0.182. The second kappa shape index (κ2) is 4.38. The fourth-order valence-corrected chi connectivity index (χ4v) is 1.43. The van der Waals surface area contributed by atoms with Crippen molar-refractivity contribution in [1.29, 1.82) is 5.26 Å². The van der Waals surface area contributed by atoms with Gasteiger partial charge in [-0.1, -0.05) is 0 Å². The Bertz CT molecular complexity index is 467. The zero-order valence-corrected chi connectivity index (χ0v) is 8.17. The first kappa shape index (κ1) is 9.41. The van der Waals surface area contributed by atoms with Gasteiger partial charge in [-0.3, -0.25) is 9.67 Å². The Morgan fingerprint density at radius 3 is 2.73 bits per heavy atom. The number of nitriles is 1. The molecule has 2 aromatic rings. The summed E-state index contributed by atoms with van der Waals surface area (Å²) in [7, 11) is 0. The summed E-state index contributed by atoms with van der Waals surface area (Å²) in [6.45, 7) is 0.299. The van der Waals surface area contributed by atoms with Crippen molar-refractivity contribution in [3.63, 3.8) is 0 Å². The van der Waals surface area contributed by atoms with E-state index in [0.29, 0.717) is 6.54 Å². The van der Waals surface area contributed by atoms with E-state index in [9.17, 15) is 0 Å². The summed E-state index contributed by atoms with van der Waals surface area (Å²) < 4.78 is 1.71. The standard InChI is InChI=1S/C11H10N4/c12-4-8-15-11(3-7-14-15)9-10-1-5-13-6-2-10/h1-3,5-7H,8-9H2. The average molecular weight is 198 g/mol. The largest absolute Gasteiger partial charge is 0.265 e. The highest BCUT2D eigenvalue weighted by Crippen LogP contribution is 2.07. The molecular weight excluding hydrogens is 188 g/mol. The molecule has 0 N–H and O–H groups in total. The van der Waals surface area contributed by atoms with E-state index < -0.39 is 0 Å².